The zero-order valence-corrected chi connectivity index (χ0v) is 16.6. The topological polar surface area (TPSA) is 59.1 Å². The average Bonchev–Trinajstić information content (AvgIpc) is 2.78. The number of ether oxygens (including phenoxy) is 2. The van der Waals surface area contributed by atoms with Crippen LogP contribution < -0.4 is 9.64 Å². The number of piperidine rings is 1. The van der Waals surface area contributed by atoms with E-state index in [0.29, 0.717) is 18.9 Å². The lowest BCUT2D eigenvalue weighted by atomic mass is 10.0. The van der Waals surface area contributed by atoms with Crippen LogP contribution in [0.4, 0.5) is 5.69 Å². The molecule has 0 spiro atoms. The molecule has 1 amide bonds. The number of anilines is 1. The van der Waals surface area contributed by atoms with E-state index in [0.717, 1.165) is 30.5 Å². The summed E-state index contributed by atoms with van der Waals surface area (Å²) in [5, 5.41) is 0. The third-order valence-electron chi connectivity index (χ3n) is 5.71. The van der Waals surface area contributed by atoms with E-state index in [1.165, 1.54) is 7.11 Å². The molecule has 1 fully saturated rings. The molecule has 0 aliphatic carbocycles. The number of methoxy groups -OCH3 is 1. The van der Waals surface area contributed by atoms with E-state index in [-0.39, 0.29) is 30.5 Å². The number of carbonyl (C=O) groups is 2. The van der Waals surface area contributed by atoms with Gasteiger partial charge < -0.3 is 9.47 Å². The maximum absolute atomic E-state index is 13.5. The van der Waals surface area contributed by atoms with Crippen molar-refractivity contribution in [1.82, 2.24) is 4.90 Å². The molecule has 0 saturated carbocycles. The fourth-order valence-electron chi connectivity index (χ4n) is 4.25. The molecular weight excluding hydrogens is 368 g/mol. The van der Waals surface area contributed by atoms with Crippen molar-refractivity contribution >= 4 is 17.6 Å². The number of likely N-dealkylation sites (tertiary alicyclic amines) is 1. The summed E-state index contributed by atoms with van der Waals surface area (Å²) in [5.74, 6) is 0.404. The van der Waals surface area contributed by atoms with Gasteiger partial charge in [-0.2, -0.15) is 0 Å². The quantitative estimate of drug-likeness (QED) is 0.746. The van der Waals surface area contributed by atoms with Gasteiger partial charge in [0.1, 0.15) is 18.4 Å². The summed E-state index contributed by atoms with van der Waals surface area (Å²) in [4.78, 5) is 29.5. The zero-order valence-electron chi connectivity index (χ0n) is 16.6. The maximum Gasteiger partial charge on any atom is 0.323 e. The highest BCUT2D eigenvalue weighted by molar-refractivity contribution is 5.97. The Balaban J connectivity index is 1.63. The molecule has 0 unspecified atom stereocenters. The molecule has 0 N–H and O–H groups in total. The number of hydrogen-bond donors (Lipinski definition) is 0. The minimum atomic E-state index is -0.357. The van der Waals surface area contributed by atoms with Gasteiger partial charge in [0.05, 0.1) is 25.4 Å². The van der Waals surface area contributed by atoms with Gasteiger partial charge in [-0.15, -0.1) is 0 Å². The number of amides is 1. The fourth-order valence-corrected chi connectivity index (χ4v) is 4.25. The summed E-state index contributed by atoms with van der Waals surface area (Å²) in [6.45, 7) is 1.29. The summed E-state index contributed by atoms with van der Waals surface area (Å²) in [5.41, 5.74) is 1.79. The molecular formula is C23H26N2O4. The van der Waals surface area contributed by atoms with Crippen molar-refractivity contribution < 1.29 is 19.1 Å². The van der Waals surface area contributed by atoms with E-state index in [1.54, 1.807) is 0 Å². The van der Waals surface area contributed by atoms with Crippen LogP contribution in [0.2, 0.25) is 0 Å². The van der Waals surface area contributed by atoms with Gasteiger partial charge in [0.25, 0.3) is 0 Å². The van der Waals surface area contributed by atoms with E-state index >= 15 is 0 Å². The van der Waals surface area contributed by atoms with Crippen LogP contribution in [-0.2, 0) is 14.3 Å². The van der Waals surface area contributed by atoms with E-state index in [1.807, 2.05) is 64.4 Å². The first-order valence-electron chi connectivity index (χ1n) is 10.1. The number of fused-ring (bicyclic) bond motifs is 1. The van der Waals surface area contributed by atoms with Crippen LogP contribution in [0.1, 0.15) is 30.9 Å². The van der Waals surface area contributed by atoms with Gasteiger partial charge >= 0.3 is 5.97 Å². The van der Waals surface area contributed by atoms with E-state index in [2.05, 4.69) is 0 Å². The molecule has 2 aromatic carbocycles. The highest BCUT2D eigenvalue weighted by atomic mass is 16.5. The Morgan fingerprint density at radius 2 is 1.83 bits per heavy atom. The van der Waals surface area contributed by atoms with Gasteiger partial charge in [-0.1, -0.05) is 48.9 Å². The lowest BCUT2D eigenvalue weighted by Crippen LogP contribution is -2.52. The van der Waals surface area contributed by atoms with Crippen LogP contribution in [0.5, 0.6) is 5.75 Å². The molecule has 2 heterocycles. The average molecular weight is 394 g/mol. The summed E-state index contributed by atoms with van der Waals surface area (Å²) in [6, 6.07) is 17.0. The SMILES string of the molecule is COC(=O)[C@@H]1CCCCN1CC(=O)N1c2ccccc2OC[C@@H]1c1ccccc1. The number of para-hydroxylation sites is 2. The third kappa shape index (κ3) is 3.98. The third-order valence-corrected chi connectivity index (χ3v) is 5.71. The summed E-state index contributed by atoms with van der Waals surface area (Å²) in [7, 11) is 1.40. The molecule has 0 radical (unpaired) electrons. The first-order chi connectivity index (χ1) is 14.2. The Bertz CT molecular complexity index is 870. The smallest absolute Gasteiger partial charge is 0.323 e. The molecule has 2 atom stereocenters. The maximum atomic E-state index is 13.5. The Kier molecular flexibility index (Phi) is 5.81. The number of esters is 1. The predicted molar refractivity (Wildman–Crippen MR) is 110 cm³/mol. The van der Waals surface area contributed by atoms with Gasteiger partial charge in [0, 0.05) is 0 Å². The molecule has 6 nitrogen and oxygen atoms in total. The zero-order chi connectivity index (χ0) is 20.2. The minimum absolute atomic E-state index is 0.0367. The number of hydrogen-bond acceptors (Lipinski definition) is 5. The van der Waals surface area contributed by atoms with Crippen LogP contribution in [-0.4, -0.2) is 49.6 Å². The summed E-state index contributed by atoms with van der Waals surface area (Å²) in [6.07, 6.45) is 2.67. The van der Waals surface area contributed by atoms with Crippen molar-refractivity contribution in [3.05, 3.63) is 60.2 Å². The van der Waals surface area contributed by atoms with Crippen LogP contribution in [0.25, 0.3) is 0 Å². The van der Waals surface area contributed by atoms with Crippen molar-refractivity contribution in [1.29, 1.82) is 0 Å². The van der Waals surface area contributed by atoms with Gasteiger partial charge in [0.15, 0.2) is 0 Å². The highest BCUT2D eigenvalue weighted by Gasteiger charge is 2.37. The van der Waals surface area contributed by atoms with Crippen LogP contribution >= 0.6 is 0 Å². The summed E-state index contributed by atoms with van der Waals surface area (Å²) >= 11 is 0. The molecule has 152 valence electrons. The lowest BCUT2D eigenvalue weighted by molar-refractivity contribution is -0.148. The van der Waals surface area contributed by atoms with Crippen molar-refractivity contribution in [3.63, 3.8) is 0 Å². The standard InChI is InChI=1S/C23H26N2O4/c1-28-23(27)19-12-7-8-14-24(19)15-22(26)25-18-11-5-6-13-21(18)29-16-20(25)17-9-3-2-4-10-17/h2-6,9-11,13,19-20H,7-8,12,14-16H2,1H3/t19-,20+/m0/s1. The first-order valence-corrected chi connectivity index (χ1v) is 10.1. The van der Waals surface area contributed by atoms with Crippen molar-refractivity contribution in [2.75, 3.05) is 31.7 Å². The minimum Gasteiger partial charge on any atom is -0.489 e. The van der Waals surface area contributed by atoms with Crippen LogP contribution in [0.15, 0.2) is 54.6 Å². The fraction of sp³-hybridized carbons (Fsp3) is 0.391. The summed E-state index contributed by atoms with van der Waals surface area (Å²) < 4.78 is 10.9. The van der Waals surface area contributed by atoms with Gasteiger partial charge in [-0.05, 0) is 37.1 Å². The van der Waals surface area contributed by atoms with Crippen molar-refractivity contribution in [2.24, 2.45) is 0 Å². The van der Waals surface area contributed by atoms with E-state index < -0.39 is 0 Å². The Hall–Kier alpha value is -2.86. The van der Waals surface area contributed by atoms with Crippen LogP contribution in [0, 0.1) is 0 Å². The normalized spacial score (nSPS) is 21.8. The number of benzene rings is 2. The molecule has 2 aliphatic heterocycles. The molecule has 1 saturated heterocycles. The highest BCUT2D eigenvalue weighted by Crippen LogP contribution is 2.39. The number of nitrogens with zero attached hydrogens (tertiary/aromatic N) is 2. The number of carbonyl (C=O) groups excluding carboxylic acids is 2. The Morgan fingerprint density at radius 1 is 1.07 bits per heavy atom. The van der Waals surface area contributed by atoms with Crippen LogP contribution in [0.3, 0.4) is 0 Å². The molecule has 0 bridgehead atoms. The monoisotopic (exact) mass is 394 g/mol. The van der Waals surface area contributed by atoms with E-state index in [9.17, 15) is 9.59 Å². The molecule has 4 rings (SSSR count). The molecule has 0 aromatic heterocycles. The first kappa shape index (κ1) is 19.5. The van der Waals surface area contributed by atoms with Crippen molar-refractivity contribution in [3.8, 4) is 5.75 Å². The lowest BCUT2D eigenvalue weighted by Gasteiger charge is -2.40. The second-order valence-corrected chi connectivity index (χ2v) is 7.47. The molecule has 2 aromatic rings. The van der Waals surface area contributed by atoms with Gasteiger partial charge in [-0.25, -0.2) is 0 Å². The van der Waals surface area contributed by atoms with E-state index in [4.69, 9.17) is 9.47 Å². The Morgan fingerprint density at radius 3 is 2.62 bits per heavy atom. The molecule has 29 heavy (non-hydrogen) atoms. The van der Waals surface area contributed by atoms with Gasteiger partial charge in [0.2, 0.25) is 5.91 Å². The van der Waals surface area contributed by atoms with Gasteiger partial charge in [-0.3, -0.25) is 19.4 Å². The van der Waals surface area contributed by atoms with Crippen molar-refractivity contribution in [2.45, 2.75) is 31.3 Å². The number of rotatable bonds is 4. The largest absolute Gasteiger partial charge is 0.489 e. The molecule has 2 aliphatic rings. The Labute approximate surface area is 171 Å². The predicted octanol–water partition coefficient (Wildman–Crippen LogP) is 3.18. The second-order valence-electron chi connectivity index (χ2n) is 7.47. The molecule has 6 heteroatoms. The second kappa shape index (κ2) is 8.66.